The minimum absolute atomic E-state index is 0.0509. The Labute approximate surface area is 129 Å². The molecule has 0 aliphatic carbocycles. The lowest BCUT2D eigenvalue weighted by atomic mass is 9.97. The number of benzene rings is 1. The predicted molar refractivity (Wildman–Crippen MR) is 79.7 cm³/mol. The number of methoxy groups -OCH3 is 3. The van der Waals surface area contributed by atoms with Crippen LogP contribution in [-0.2, 0) is 20.9 Å². The van der Waals surface area contributed by atoms with Crippen LogP contribution in [0.25, 0.3) is 0 Å². The van der Waals surface area contributed by atoms with Crippen molar-refractivity contribution in [3.8, 4) is 11.5 Å². The van der Waals surface area contributed by atoms with Crippen LogP contribution in [0.4, 0.5) is 0 Å². The number of carbonyl (C=O) groups is 2. The smallest absolute Gasteiger partial charge is 0.310 e. The van der Waals surface area contributed by atoms with Crippen LogP contribution >= 0.6 is 0 Å². The van der Waals surface area contributed by atoms with Crippen molar-refractivity contribution >= 4 is 11.9 Å². The van der Waals surface area contributed by atoms with E-state index in [2.05, 4.69) is 0 Å². The molecule has 0 unspecified atom stereocenters. The average Bonchev–Trinajstić information content (AvgIpc) is 2.55. The summed E-state index contributed by atoms with van der Waals surface area (Å²) in [4.78, 5) is 25.4. The van der Waals surface area contributed by atoms with E-state index in [1.54, 1.807) is 25.2 Å². The third kappa shape index (κ3) is 3.50. The zero-order valence-electron chi connectivity index (χ0n) is 13.1. The molecule has 1 aromatic carbocycles. The molecule has 0 N–H and O–H groups in total. The summed E-state index contributed by atoms with van der Waals surface area (Å²) < 4.78 is 15.2. The van der Waals surface area contributed by atoms with E-state index in [1.165, 1.54) is 7.11 Å². The molecule has 6 nitrogen and oxygen atoms in total. The number of ether oxygens (including phenoxy) is 3. The van der Waals surface area contributed by atoms with Crippen molar-refractivity contribution in [2.45, 2.75) is 19.4 Å². The molecule has 1 saturated heterocycles. The second kappa shape index (κ2) is 7.15. The van der Waals surface area contributed by atoms with Gasteiger partial charge in [0.05, 0.1) is 27.2 Å². The van der Waals surface area contributed by atoms with Gasteiger partial charge in [0.15, 0.2) is 11.5 Å². The van der Waals surface area contributed by atoms with Crippen molar-refractivity contribution in [2.24, 2.45) is 5.92 Å². The highest BCUT2D eigenvalue weighted by atomic mass is 16.5. The second-order valence-electron chi connectivity index (χ2n) is 5.22. The highest BCUT2D eigenvalue weighted by Crippen LogP contribution is 2.29. The first-order valence-electron chi connectivity index (χ1n) is 7.15. The van der Waals surface area contributed by atoms with Crippen molar-refractivity contribution in [3.05, 3.63) is 23.8 Å². The summed E-state index contributed by atoms with van der Waals surface area (Å²) in [5, 5.41) is 0. The first-order valence-corrected chi connectivity index (χ1v) is 7.15. The lowest BCUT2D eigenvalue weighted by Crippen LogP contribution is -2.42. The molecule has 0 spiro atoms. The number of piperidine rings is 1. The van der Waals surface area contributed by atoms with Crippen molar-refractivity contribution in [3.63, 3.8) is 0 Å². The zero-order chi connectivity index (χ0) is 16.1. The topological polar surface area (TPSA) is 65.1 Å². The Hall–Kier alpha value is -2.24. The standard InChI is InChI=1S/C16H21NO5/c1-20-13-6-4-11(8-14(13)21-2)9-17-10-12(16(19)22-3)5-7-15(17)18/h4,6,8,12H,5,7,9-10H2,1-3H3/t12-/m1/s1. The Morgan fingerprint density at radius 2 is 1.95 bits per heavy atom. The summed E-state index contributed by atoms with van der Waals surface area (Å²) in [6.07, 6.45) is 0.918. The fourth-order valence-corrected chi connectivity index (χ4v) is 2.63. The number of rotatable bonds is 5. The molecule has 1 aromatic rings. The largest absolute Gasteiger partial charge is 0.493 e. The Bertz CT molecular complexity index is 557. The molecule has 1 aliphatic rings. The first-order chi connectivity index (χ1) is 10.6. The van der Waals surface area contributed by atoms with Gasteiger partial charge in [-0.25, -0.2) is 0 Å². The molecule has 1 fully saturated rings. The number of nitrogens with zero attached hydrogens (tertiary/aromatic N) is 1. The lowest BCUT2D eigenvalue weighted by Gasteiger charge is -2.31. The van der Waals surface area contributed by atoms with E-state index in [-0.39, 0.29) is 17.8 Å². The molecular formula is C16H21NO5. The van der Waals surface area contributed by atoms with E-state index in [9.17, 15) is 9.59 Å². The second-order valence-corrected chi connectivity index (χ2v) is 5.22. The van der Waals surface area contributed by atoms with E-state index in [0.717, 1.165) is 5.56 Å². The molecule has 2 rings (SSSR count). The Kier molecular flexibility index (Phi) is 5.25. The van der Waals surface area contributed by atoms with Gasteiger partial charge in [-0.3, -0.25) is 9.59 Å². The quantitative estimate of drug-likeness (QED) is 0.773. The van der Waals surface area contributed by atoms with Gasteiger partial charge >= 0.3 is 5.97 Å². The first kappa shape index (κ1) is 16.1. The summed E-state index contributed by atoms with van der Waals surface area (Å²) in [7, 11) is 4.52. The molecule has 1 aliphatic heterocycles. The molecule has 1 heterocycles. The van der Waals surface area contributed by atoms with Crippen molar-refractivity contribution in [1.29, 1.82) is 0 Å². The van der Waals surface area contributed by atoms with Gasteiger partial charge in [-0.2, -0.15) is 0 Å². The molecule has 0 radical (unpaired) electrons. The minimum atomic E-state index is -0.259. The third-order valence-electron chi connectivity index (χ3n) is 3.86. The summed E-state index contributed by atoms with van der Waals surface area (Å²) >= 11 is 0. The van der Waals surface area contributed by atoms with Crippen LogP contribution in [0, 0.1) is 5.92 Å². The molecule has 120 valence electrons. The summed E-state index contributed by atoms with van der Waals surface area (Å²) in [5.74, 6) is 0.806. The Balaban J connectivity index is 2.11. The molecule has 22 heavy (non-hydrogen) atoms. The maximum Gasteiger partial charge on any atom is 0.310 e. The predicted octanol–water partition coefficient (Wildman–Crippen LogP) is 1.62. The van der Waals surface area contributed by atoms with Gasteiger partial charge in [0.25, 0.3) is 0 Å². The van der Waals surface area contributed by atoms with Gasteiger partial charge in [0, 0.05) is 19.5 Å². The highest BCUT2D eigenvalue weighted by molar-refractivity contribution is 5.81. The van der Waals surface area contributed by atoms with E-state index in [0.29, 0.717) is 37.4 Å². The van der Waals surface area contributed by atoms with Gasteiger partial charge < -0.3 is 19.1 Å². The summed E-state index contributed by atoms with van der Waals surface area (Å²) in [6.45, 7) is 0.826. The van der Waals surface area contributed by atoms with Crippen molar-refractivity contribution in [2.75, 3.05) is 27.9 Å². The van der Waals surface area contributed by atoms with Gasteiger partial charge in [-0.1, -0.05) is 6.07 Å². The van der Waals surface area contributed by atoms with Crippen LogP contribution in [0.5, 0.6) is 11.5 Å². The normalized spacial score (nSPS) is 18.0. The molecular weight excluding hydrogens is 286 g/mol. The highest BCUT2D eigenvalue weighted by Gasteiger charge is 2.30. The monoisotopic (exact) mass is 307 g/mol. The van der Waals surface area contributed by atoms with Crippen LogP contribution < -0.4 is 9.47 Å². The Morgan fingerprint density at radius 3 is 2.59 bits per heavy atom. The lowest BCUT2D eigenvalue weighted by molar-refractivity contribution is -0.150. The van der Waals surface area contributed by atoms with Crippen molar-refractivity contribution in [1.82, 2.24) is 4.90 Å². The number of hydrogen-bond donors (Lipinski definition) is 0. The van der Waals surface area contributed by atoms with Crippen LogP contribution in [0.15, 0.2) is 18.2 Å². The third-order valence-corrected chi connectivity index (χ3v) is 3.86. The molecule has 6 heteroatoms. The van der Waals surface area contributed by atoms with Gasteiger partial charge in [-0.05, 0) is 24.1 Å². The van der Waals surface area contributed by atoms with Gasteiger partial charge in [0.1, 0.15) is 0 Å². The summed E-state index contributed by atoms with van der Waals surface area (Å²) in [5.41, 5.74) is 0.927. The van der Waals surface area contributed by atoms with Crippen LogP contribution in [-0.4, -0.2) is 44.7 Å². The molecule has 0 saturated carbocycles. The van der Waals surface area contributed by atoms with E-state index < -0.39 is 0 Å². The van der Waals surface area contributed by atoms with Gasteiger partial charge in [0.2, 0.25) is 5.91 Å². The summed E-state index contributed by atoms with van der Waals surface area (Å²) in [6, 6.07) is 5.53. The minimum Gasteiger partial charge on any atom is -0.493 e. The maximum atomic E-state index is 12.1. The van der Waals surface area contributed by atoms with Crippen LogP contribution in [0.3, 0.4) is 0 Å². The molecule has 1 amide bonds. The van der Waals surface area contributed by atoms with E-state index in [4.69, 9.17) is 14.2 Å². The molecule has 0 bridgehead atoms. The van der Waals surface area contributed by atoms with Crippen molar-refractivity contribution < 1.29 is 23.8 Å². The number of esters is 1. The number of amides is 1. The van der Waals surface area contributed by atoms with Gasteiger partial charge in [-0.15, -0.1) is 0 Å². The van der Waals surface area contributed by atoms with E-state index >= 15 is 0 Å². The maximum absolute atomic E-state index is 12.1. The SMILES string of the molecule is COC(=O)[C@@H]1CCC(=O)N(Cc2ccc(OC)c(OC)c2)C1. The van der Waals surface area contributed by atoms with Crippen LogP contribution in [0.1, 0.15) is 18.4 Å². The van der Waals surface area contributed by atoms with E-state index in [1.807, 2.05) is 12.1 Å². The average molecular weight is 307 g/mol. The van der Waals surface area contributed by atoms with Crippen LogP contribution in [0.2, 0.25) is 0 Å². The zero-order valence-corrected chi connectivity index (χ0v) is 13.1. The fourth-order valence-electron chi connectivity index (χ4n) is 2.63. The molecule has 1 atom stereocenters. The number of carbonyl (C=O) groups excluding carboxylic acids is 2. The fraction of sp³-hybridized carbons (Fsp3) is 0.500. The number of likely N-dealkylation sites (tertiary alicyclic amines) is 1. The molecule has 0 aromatic heterocycles. The Morgan fingerprint density at radius 1 is 1.23 bits per heavy atom. The number of hydrogen-bond acceptors (Lipinski definition) is 5.